The lowest BCUT2D eigenvalue weighted by Gasteiger charge is -2.37. The summed E-state index contributed by atoms with van der Waals surface area (Å²) in [6.45, 7) is 8.98. The van der Waals surface area contributed by atoms with Gasteiger partial charge < -0.3 is 29.9 Å². The predicted molar refractivity (Wildman–Crippen MR) is 123 cm³/mol. The molecule has 2 aliphatic rings. The molecule has 3 rings (SSSR count). The van der Waals surface area contributed by atoms with E-state index in [2.05, 4.69) is 58.5 Å². The molecule has 2 aliphatic heterocycles. The largest absolute Gasteiger partial charge is 0.497 e. The number of benzene rings is 1. The fraction of sp³-hybridized carbons (Fsp3) is 0.682. The first kappa shape index (κ1) is 22.5. The van der Waals surface area contributed by atoms with Crippen molar-refractivity contribution in [2.75, 3.05) is 79.0 Å². The number of ether oxygens (including phenoxy) is 2. The fourth-order valence-corrected chi connectivity index (χ4v) is 4.10. The van der Waals surface area contributed by atoms with Crippen LogP contribution in [0.15, 0.2) is 23.2 Å². The van der Waals surface area contributed by atoms with Gasteiger partial charge in [-0.05, 0) is 27.4 Å². The molecule has 8 heteroatoms. The molecule has 0 amide bonds. The minimum atomic E-state index is 0.353. The fourth-order valence-electron chi connectivity index (χ4n) is 4.10. The maximum absolute atomic E-state index is 5.43. The van der Waals surface area contributed by atoms with E-state index in [0.717, 1.165) is 75.4 Å². The van der Waals surface area contributed by atoms with Crippen LogP contribution in [-0.4, -0.2) is 102 Å². The first-order chi connectivity index (χ1) is 14.5. The first-order valence-electron chi connectivity index (χ1n) is 10.9. The predicted octanol–water partition coefficient (Wildman–Crippen LogP) is 1.08. The van der Waals surface area contributed by atoms with Gasteiger partial charge in [-0.15, -0.1) is 0 Å². The summed E-state index contributed by atoms with van der Waals surface area (Å²) in [6.07, 6.45) is 1.07. The van der Waals surface area contributed by atoms with E-state index in [1.807, 2.05) is 6.07 Å². The summed E-state index contributed by atoms with van der Waals surface area (Å²) in [5, 5.41) is 7.06. The Labute approximate surface area is 181 Å². The zero-order valence-corrected chi connectivity index (χ0v) is 19.1. The van der Waals surface area contributed by atoms with E-state index in [0.29, 0.717) is 12.1 Å². The van der Waals surface area contributed by atoms with Crippen molar-refractivity contribution in [2.24, 2.45) is 4.99 Å². The first-order valence-corrected chi connectivity index (χ1v) is 10.9. The lowest BCUT2D eigenvalue weighted by atomic mass is 10.2. The molecule has 0 radical (unpaired) electrons. The molecule has 1 aromatic carbocycles. The molecule has 2 fully saturated rings. The average Bonchev–Trinajstić information content (AvgIpc) is 3.22. The topological polar surface area (TPSA) is 64.6 Å². The number of aliphatic imine (C=N–C) groups is 1. The Morgan fingerprint density at radius 2 is 1.80 bits per heavy atom. The molecule has 2 heterocycles. The van der Waals surface area contributed by atoms with E-state index < -0.39 is 0 Å². The summed E-state index contributed by atoms with van der Waals surface area (Å²) in [5.41, 5.74) is 1.13. The second kappa shape index (κ2) is 10.7. The van der Waals surface area contributed by atoms with Crippen molar-refractivity contribution in [3.8, 4) is 11.5 Å². The summed E-state index contributed by atoms with van der Waals surface area (Å²) in [5.74, 6) is 2.55. The second-order valence-corrected chi connectivity index (χ2v) is 8.26. The molecule has 2 atom stereocenters. The third-order valence-electron chi connectivity index (χ3n) is 6.02. The quantitative estimate of drug-likeness (QED) is 0.508. The van der Waals surface area contributed by atoms with E-state index in [1.165, 1.54) is 0 Å². The molecule has 0 aliphatic carbocycles. The van der Waals surface area contributed by atoms with Crippen LogP contribution in [0.5, 0.6) is 11.5 Å². The van der Waals surface area contributed by atoms with Crippen molar-refractivity contribution in [3.05, 3.63) is 18.2 Å². The average molecular weight is 419 g/mol. The molecular formula is C22H38N6O2. The van der Waals surface area contributed by atoms with Crippen LogP contribution in [0.1, 0.15) is 13.3 Å². The van der Waals surface area contributed by atoms with Crippen LogP contribution in [-0.2, 0) is 0 Å². The third-order valence-corrected chi connectivity index (χ3v) is 6.02. The van der Waals surface area contributed by atoms with Crippen LogP contribution >= 0.6 is 0 Å². The van der Waals surface area contributed by atoms with Gasteiger partial charge in [0.25, 0.3) is 0 Å². The van der Waals surface area contributed by atoms with Crippen LogP contribution in [0, 0.1) is 0 Å². The maximum atomic E-state index is 5.43. The Morgan fingerprint density at radius 1 is 1.07 bits per heavy atom. The number of piperazine rings is 1. The summed E-state index contributed by atoms with van der Waals surface area (Å²) in [7, 11) is 7.76. The molecule has 30 heavy (non-hydrogen) atoms. The normalized spacial score (nSPS) is 23.5. The summed E-state index contributed by atoms with van der Waals surface area (Å²) < 4.78 is 10.9. The number of guanidine groups is 1. The minimum absolute atomic E-state index is 0.353. The van der Waals surface area contributed by atoms with E-state index in [9.17, 15) is 0 Å². The van der Waals surface area contributed by atoms with Gasteiger partial charge in [0, 0.05) is 75.2 Å². The Balaban J connectivity index is 1.60. The number of methoxy groups -OCH3 is 2. The highest BCUT2D eigenvalue weighted by Crippen LogP contribution is 2.30. The van der Waals surface area contributed by atoms with Crippen LogP contribution < -0.4 is 25.0 Å². The van der Waals surface area contributed by atoms with Crippen LogP contribution in [0.2, 0.25) is 0 Å². The molecule has 8 nitrogen and oxygen atoms in total. The van der Waals surface area contributed by atoms with E-state index >= 15 is 0 Å². The molecule has 0 aromatic heterocycles. The number of rotatable bonds is 7. The molecule has 2 saturated heterocycles. The van der Waals surface area contributed by atoms with E-state index in [-0.39, 0.29) is 0 Å². The number of nitrogens with one attached hydrogen (secondary N) is 2. The number of nitrogens with zero attached hydrogens (tertiary/aromatic N) is 4. The van der Waals surface area contributed by atoms with Crippen LogP contribution in [0.25, 0.3) is 0 Å². The molecular weight excluding hydrogens is 380 g/mol. The third kappa shape index (κ3) is 5.92. The number of likely N-dealkylation sites (N-methyl/N-ethyl adjacent to an activating group) is 2. The minimum Gasteiger partial charge on any atom is -0.497 e. The highest BCUT2D eigenvalue weighted by Gasteiger charge is 2.25. The number of anilines is 1. The number of hydrogen-bond acceptors (Lipinski definition) is 6. The van der Waals surface area contributed by atoms with Gasteiger partial charge in [0.2, 0.25) is 0 Å². The Hall–Kier alpha value is -2.19. The highest BCUT2D eigenvalue weighted by molar-refractivity contribution is 5.80. The van der Waals surface area contributed by atoms with E-state index in [1.54, 1.807) is 14.2 Å². The molecule has 1 aromatic rings. The van der Waals surface area contributed by atoms with E-state index in [4.69, 9.17) is 14.5 Å². The van der Waals surface area contributed by atoms with Gasteiger partial charge >= 0.3 is 0 Å². The monoisotopic (exact) mass is 418 g/mol. The van der Waals surface area contributed by atoms with Crippen molar-refractivity contribution in [1.82, 2.24) is 20.4 Å². The number of hydrogen-bond donors (Lipinski definition) is 2. The summed E-state index contributed by atoms with van der Waals surface area (Å²) >= 11 is 0. The van der Waals surface area contributed by atoms with Crippen molar-refractivity contribution < 1.29 is 9.47 Å². The van der Waals surface area contributed by atoms with Gasteiger partial charge in [0.15, 0.2) is 5.96 Å². The van der Waals surface area contributed by atoms with Crippen molar-refractivity contribution in [1.29, 1.82) is 0 Å². The Kier molecular flexibility index (Phi) is 8.04. The lowest BCUT2D eigenvalue weighted by molar-refractivity contribution is 0.119. The Bertz CT molecular complexity index is 691. The van der Waals surface area contributed by atoms with Crippen LogP contribution in [0.3, 0.4) is 0 Å². The Morgan fingerprint density at radius 3 is 2.47 bits per heavy atom. The molecule has 0 bridgehead atoms. The van der Waals surface area contributed by atoms with Crippen molar-refractivity contribution in [2.45, 2.75) is 25.4 Å². The van der Waals surface area contributed by atoms with Gasteiger partial charge in [0.05, 0.1) is 20.8 Å². The maximum Gasteiger partial charge on any atom is 0.191 e. The summed E-state index contributed by atoms with van der Waals surface area (Å²) in [6, 6.07) is 6.86. The molecule has 168 valence electrons. The van der Waals surface area contributed by atoms with Gasteiger partial charge in [-0.25, -0.2) is 0 Å². The van der Waals surface area contributed by atoms with Crippen LogP contribution in [0.4, 0.5) is 5.69 Å². The van der Waals surface area contributed by atoms with Gasteiger partial charge in [0.1, 0.15) is 11.5 Å². The zero-order chi connectivity index (χ0) is 21.5. The van der Waals surface area contributed by atoms with Gasteiger partial charge in [-0.3, -0.25) is 9.89 Å². The van der Waals surface area contributed by atoms with Crippen molar-refractivity contribution in [3.63, 3.8) is 0 Å². The molecule has 0 spiro atoms. The molecule has 2 N–H and O–H groups in total. The van der Waals surface area contributed by atoms with Gasteiger partial charge in [-0.2, -0.15) is 0 Å². The summed E-state index contributed by atoms with van der Waals surface area (Å²) in [4.78, 5) is 12.1. The zero-order valence-electron chi connectivity index (χ0n) is 19.1. The van der Waals surface area contributed by atoms with Gasteiger partial charge in [-0.1, -0.05) is 0 Å². The lowest BCUT2D eigenvalue weighted by Crippen LogP contribution is -2.52. The molecule has 2 unspecified atom stereocenters. The SMILES string of the molecule is CCNC(=NCC1CN(C)CCN1C)NC1CCN(c2cc(OC)cc(OC)c2)C1. The second-order valence-electron chi connectivity index (χ2n) is 8.26. The van der Waals surface area contributed by atoms with Crippen molar-refractivity contribution >= 4 is 11.6 Å². The molecule has 0 saturated carbocycles. The highest BCUT2D eigenvalue weighted by atomic mass is 16.5. The smallest absolute Gasteiger partial charge is 0.191 e. The standard InChI is InChI=1S/C22H38N6O2/c1-6-23-22(24-14-19-16-26(2)9-10-27(19)3)25-17-7-8-28(15-17)18-11-20(29-4)13-21(12-18)30-5/h11-13,17,19H,6-10,14-16H2,1-5H3,(H2,23,24,25).